The van der Waals surface area contributed by atoms with Gasteiger partial charge in [-0.3, -0.25) is 9.59 Å². The molecule has 5 heteroatoms. The van der Waals surface area contributed by atoms with Crippen LogP contribution in [-0.4, -0.2) is 24.1 Å². The lowest BCUT2D eigenvalue weighted by atomic mass is 9.97. The Morgan fingerprint density at radius 2 is 2.22 bits per heavy atom. The molecule has 0 saturated heterocycles. The molecule has 0 saturated carbocycles. The molecule has 0 spiro atoms. The van der Waals surface area contributed by atoms with Crippen LogP contribution in [0.4, 0.5) is 0 Å². The third-order valence-corrected chi connectivity index (χ3v) is 3.28. The molecule has 0 fully saturated rings. The Morgan fingerprint density at radius 3 is 2.89 bits per heavy atom. The summed E-state index contributed by atoms with van der Waals surface area (Å²) in [6.07, 6.45) is 8.86. The number of amides is 2. The van der Waals surface area contributed by atoms with Gasteiger partial charge >= 0.3 is 0 Å². The second-order valence-electron chi connectivity index (χ2n) is 4.71. The molecule has 2 rings (SSSR count). The highest BCUT2D eigenvalue weighted by molar-refractivity contribution is 6.39. The van der Waals surface area contributed by atoms with E-state index >= 15 is 0 Å². The molecule has 98 valence electrons. The summed E-state index contributed by atoms with van der Waals surface area (Å²) in [5, 5.41) is 6.62. The Morgan fingerprint density at radius 1 is 1.33 bits per heavy atom. The lowest BCUT2D eigenvalue weighted by molar-refractivity contribution is -0.121. The molecule has 18 heavy (non-hydrogen) atoms. The first-order valence-corrected chi connectivity index (χ1v) is 6.57. The molecule has 1 heterocycles. The monoisotopic (exact) mass is 249 g/mol. The summed E-state index contributed by atoms with van der Waals surface area (Å²) in [5.41, 5.74) is 4.20. The van der Waals surface area contributed by atoms with Gasteiger partial charge in [0.15, 0.2) is 0 Å². The Bertz CT molecular complexity index is 399. The van der Waals surface area contributed by atoms with E-state index in [4.69, 9.17) is 0 Å². The van der Waals surface area contributed by atoms with E-state index in [1.807, 2.05) is 0 Å². The van der Waals surface area contributed by atoms with Crippen LogP contribution in [0.25, 0.3) is 0 Å². The van der Waals surface area contributed by atoms with Crippen molar-refractivity contribution in [2.24, 2.45) is 5.10 Å². The van der Waals surface area contributed by atoms with E-state index in [1.54, 1.807) is 0 Å². The fourth-order valence-corrected chi connectivity index (χ4v) is 2.21. The molecule has 0 unspecified atom stereocenters. The smallest absolute Gasteiger partial charge is 0.267 e. The molecule has 0 radical (unpaired) electrons. The van der Waals surface area contributed by atoms with Crippen LogP contribution in [0.1, 0.15) is 44.9 Å². The number of hydrogen-bond donors (Lipinski definition) is 2. The van der Waals surface area contributed by atoms with E-state index in [-0.39, 0.29) is 11.8 Å². The van der Waals surface area contributed by atoms with E-state index in [0.717, 1.165) is 12.8 Å². The topological polar surface area (TPSA) is 70.6 Å². The number of hydrogen-bond acceptors (Lipinski definition) is 3. The van der Waals surface area contributed by atoms with Crippen LogP contribution in [0.2, 0.25) is 0 Å². The summed E-state index contributed by atoms with van der Waals surface area (Å²) in [6, 6.07) is 0. The van der Waals surface area contributed by atoms with Gasteiger partial charge in [0.25, 0.3) is 5.91 Å². The molecule has 1 aliphatic heterocycles. The minimum Gasteiger partial charge on any atom is -0.351 e. The quantitative estimate of drug-likeness (QED) is 0.736. The van der Waals surface area contributed by atoms with Crippen molar-refractivity contribution < 1.29 is 9.59 Å². The van der Waals surface area contributed by atoms with Gasteiger partial charge in [-0.1, -0.05) is 11.6 Å². The van der Waals surface area contributed by atoms with Gasteiger partial charge < -0.3 is 5.32 Å². The van der Waals surface area contributed by atoms with Gasteiger partial charge in [0.05, 0.1) is 0 Å². The summed E-state index contributed by atoms with van der Waals surface area (Å²) < 4.78 is 0. The van der Waals surface area contributed by atoms with Crippen LogP contribution in [0.5, 0.6) is 0 Å². The van der Waals surface area contributed by atoms with Gasteiger partial charge in [-0.05, 0) is 32.1 Å². The van der Waals surface area contributed by atoms with E-state index in [1.165, 1.54) is 24.8 Å². The van der Waals surface area contributed by atoms with Crippen molar-refractivity contribution in [1.82, 2.24) is 10.7 Å². The largest absolute Gasteiger partial charge is 0.351 e. The number of hydrazone groups is 1. The SMILES string of the molecule is O=C1CCC(C(=O)NCCC2=CCCCC2)=NN1. The summed E-state index contributed by atoms with van der Waals surface area (Å²) in [4.78, 5) is 22.6. The summed E-state index contributed by atoms with van der Waals surface area (Å²) >= 11 is 0. The molecule has 1 aliphatic carbocycles. The highest BCUT2D eigenvalue weighted by Crippen LogP contribution is 2.19. The maximum absolute atomic E-state index is 11.7. The maximum atomic E-state index is 11.7. The van der Waals surface area contributed by atoms with Crippen LogP contribution >= 0.6 is 0 Å². The fraction of sp³-hybridized carbons (Fsp3) is 0.615. The number of allylic oxidation sites excluding steroid dienone is 1. The van der Waals surface area contributed by atoms with Crippen molar-refractivity contribution >= 4 is 17.5 Å². The average molecular weight is 249 g/mol. The minimum absolute atomic E-state index is 0.126. The lowest BCUT2D eigenvalue weighted by Crippen LogP contribution is -2.37. The normalized spacial score (nSPS) is 19.7. The molecule has 2 aliphatic rings. The van der Waals surface area contributed by atoms with Crippen molar-refractivity contribution in [2.45, 2.75) is 44.9 Å². The zero-order chi connectivity index (χ0) is 12.8. The number of nitrogens with zero attached hydrogens (tertiary/aromatic N) is 1. The van der Waals surface area contributed by atoms with E-state index in [9.17, 15) is 9.59 Å². The molecular formula is C13H19N3O2. The zero-order valence-corrected chi connectivity index (χ0v) is 10.5. The van der Waals surface area contributed by atoms with Crippen LogP contribution in [0.15, 0.2) is 16.8 Å². The van der Waals surface area contributed by atoms with Gasteiger partial charge in [0.1, 0.15) is 5.71 Å². The van der Waals surface area contributed by atoms with Crippen LogP contribution < -0.4 is 10.7 Å². The van der Waals surface area contributed by atoms with E-state index in [0.29, 0.717) is 25.1 Å². The van der Waals surface area contributed by atoms with E-state index < -0.39 is 0 Å². The summed E-state index contributed by atoms with van der Waals surface area (Å²) in [7, 11) is 0. The fourth-order valence-electron chi connectivity index (χ4n) is 2.21. The number of nitrogens with one attached hydrogen (secondary N) is 2. The molecule has 0 atom stereocenters. The van der Waals surface area contributed by atoms with Crippen LogP contribution in [0, 0.1) is 0 Å². The Balaban J connectivity index is 1.71. The molecule has 5 nitrogen and oxygen atoms in total. The average Bonchev–Trinajstić information content (AvgIpc) is 2.40. The highest BCUT2D eigenvalue weighted by Gasteiger charge is 2.17. The van der Waals surface area contributed by atoms with Crippen molar-refractivity contribution in [3.8, 4) is 0 Å². The predicted octanol–water partition coefficient (Wildman–Crippen LogP) is 1.26. The van der Waals surface area contributed by atoms with Gasteiger partial charge in [-0.25, -0.2) is 5.43 Å². The first kappa shape index (κ1) is 12.8. The van der Waals surface area contributed by atoms with Crippen LogP contribution in [0.3, 0.4) is 0 Å². The third-order valence-electron chi connectivity index (χ3n) is 3.28. The lowest BCUT2D eigenvalue weighted by Gasteiger charge is -2.14. The maximum Gasteiger partial charge on any atom is 0.267 e. The standard InChI is InChI=1S/C13H19N3O2/c17-12-7-6-11(15-16-12)13(18)14-9-8-10-4-2-1-3-5-10/h4H,1-3,5-9H2,(H,14,18)(H,16,17). The molecule has 0 aromatic heterocycles. The zero-order valence-electron chi connectivity index (χ0n) is 10.5. The first-order chi connectivity index (χ1) is 8.75. The molecule has 2 N–H and O–H groups in total. The van der Waals surface area contributed by atoms with Crippen LogP contribution in [-0.2, 0) is 9.59 Å². The van der Waals surface area contributed by atoms with Gasteiger partial charge in [-0.2, -0.15) is 5.10 Å². The molecule has 0 aromatic rings. The second kappa shape index (κ2) is 6.33. The molecule has 0 aromatic carbocycles. The predicted molar refractivity (Wildman–Crippen MR) is 69.0 cm³/mol. The molecular weight excluding hydrogens is 230 g/mol. The number of rotatable bonds is 4. The minimum atomic E-state index is -0.161. The molecule has 0 bridgehead atoms. The van der Waals surface area contributed by atoms with Gasteiger partial charge in [0, 0.05) is 19.4 Å². The van der Waals surface area contributed by atoms with Gasteiger partial charge in [-0.15, -0.1) is 0 Å². The Labute approximate surface area is 107 Å². The van der Waals surface area contributed by atoms with Gasteiger partial charge in [0.2, 0.25) is 5.91 Å². The number of carbonyl (C=O) groups is 2. The Kier molecular flexibility index (Phi) is 4.50. The third kappa shape index (κ3) is 3.68. The Hall–Kier alpha value is -1.65. The summed E-state index contributed by atoms with van der Waals surface area (Å²) in [5.74, 6) is -0.287. The van der Waals surface area contributed by atoms with Crippen molar-refractivity contribution in [3.05, 3.63) is 11.6 Å². The molecule has 2 amide bonds. The van der Waals surface area contributed by atoms with Crippen molar-refractivity contribution in [3.63, 3.8) is 0 Å². The second-order valence-corrected chi connectivity index (χ2v) is 4.71. The van der Waals surface area contributed by atoms with E-state index in [2.05, 4.69) is 21.9 Å². The van der Waals surface area contributed by atoms with Crippen molar-refractivity contribution in [2.75, 3.05) is 6.54 Å². The number of carbonyl (C=O) groups excluding carboxylic acids is 2. The first-order valence-electron chi connectivity index (χ1n) is 6.57. The van der Waals surface area contributed by atoms with Crippen molar-refractivity contribution in [1.29, 1.82) is 0 Å². The highest BCUT2D eigenvalue weighted by atomic mass is 16.2. The summed E-state index contributed by atoms with van der Waals surface area (Å²) in [6.45, 7) is 0.650.